The van der Waals surface area contributed by atoms with Gasteiger partial charge < -0.3 is 14.8 Å². The Hall–Kier alpha value is -3.61. The fourth-order valence-electron chi connectivity index (χ4n) is 4.97. The number of rotatable bonds is 3. The molecule has 4 rings (SSSR count). The maximum Gasteiger partial charge on any atom is 0.420 e. The maximum atomic E-state index is 13.5. The SMILES string of the molecule is COC(=O)c1ccc2c(c1)cc(NC(=O)c1ccc3c(c1)C(C)(C)CCC3(C)C)n2C(=O)OC(C)(C)C. The van der Waals surface area contributed by atoms with E-state index in [0.717, 1.165) is 12.8 Å². The number of hydrogen-bond donors (Lipinski definition) is 1. The first-order valence-corrected chi connectivity index (χ1v) is 12.6. The molecule has 0 spiro atoms. The lowest BCUT2D eigenvalue weighted by Crippen LogP contribution is -2.34. The van der Waals surface area contributed by atoms with Crippen molar-refractivity contribution in [1.29, 1.82) is 0 Å². The Labute approximate surface area is 218 Å². The van der Waals surface area contributed by atoms with Gasteiger partial charge >= 0.3 is 12.1 Å². The van der Waals surface area contributed by atoms with Crippen LogP contribution >= 0.6 is 0 Å². The first-order chi connectivity index (χ1) is 17.1. The Balaban J connectivity index is 1.76. The molecule has 1 aliphatic rings. The van der Waals surface area contributed by atoms with E-state index >= 15 is 0 Å². The van der Waals surface area contributed by atoms with Crippen molar-refractivity contribution in [2.75, 3.05) is 12.4 Å². The number of carbonyl (C=O) groups excluding carboxylic acids is 3. The number of amides is 1. The minimum absolute atomic E-state index is 0.0420. The van der Waals surface area contributed by atoms with Gasteiger partial charge in [0.15, 0.2) is 0 Å². The van der Waals surface area contributed by atoms with E-state index in [2.05, 4.69) is 39.1 Å². The van der Waals surface area contributed by atoms with Gasteiger partial charge in [-0.1, -0.05) is 33.8 Å². The average molecular weight is 505 g/mol. The van der Waals surface area contributed by atoms with Gasteiger partial charge in [0.2, 0.25) is 0 Å². The molecule has 0 fully saturated rings. The van der Waals surface area contributed by atoms with Crippen molar-refractivity contribution in [3.05, 3.63) is 64.7 Å². The molecule has 1 heterocycles. The Morgan fingerprint density at radius 3 is 2.11 bits per heavy atom. The summed E-state index contributed by atoms with van der Waals surface area (Å²) in [5, 5.41) is 3.50. The number of hydrogen-bond acceptors (Lipinski definition) is 5. The molecule has 0 saturated heterocycles. The zero-order valence-electron chi connectivity index (χ0n) is 22.9. The number of ether oxygens (including phenoxy) is 2. The normalized spacial score (nSPS) is 16.1. The highest BCUT2D eigenvalue weighted by Crippen LogP contribution is 2.46. The van der Waals surface area contributed by atoms with E-state index in [1.807, 2.05) is 12.1 Å². The van der Waals surface area contributed by atoms with Crippen molar-refractivity contribution in [2.24, 2.45) is 0 Å². The molecule has 196 valence electrons. The first kappa shape index (κ1) is 26.5. The van der Waals surface area contributed by atoms with Crippen molar-refractivity contribution < 1.29 is 23.9 Å². The third-order valence-electron chi connectivity index (χ3n) is 7.16. The lowest BCUT2D eigenvalue weighted by atomic mass is 9.63. The minimum Gasteiger partial charge on any atom is -0.465 e. The second-order valence-electron chi connectivity index (χ2n) is 12.1. The lowest BCUT2D eigenvalue weighted by Gasteiger charge is -2.42. The summed E-state index contributed by atoms with van der Waals surface area (Å²) in [5.41, 5.74) is 3.06. The van der Waals surface area contributed by atoms with E-state index in [-0.39, 0.29) is 22.6 Å². The predicted octanol–water partition coefficient (Wildman–Crippen LogP) is 6.81. The number of aromatic nitrogens is 1. The van der Waals surface area contributed by atoms with Gasteiger partial charge in [0.25, 0.3) is 5.91 Å². The molecule has 0 unspecified atom stereocenters. The topological polar surface area (TPSA) is 86.6 Å². The van der Waals surface area contributed by atoms with Crippen LogP contribution in [0.3, 0.4) is 0 Å². The van der Waals surface area contributed by atoms with Crippen LogP contribution in [0.25, 0.3) is 10.9 Å². The van der Waals surface area contributed by atoms with Crippen molar-refractivity contribution >= 4 is 34.7 Å². The van der Waals surface area contributed by atoms with Gasteiger partial charge in [-0.3, -0.25) is 4.79 Å². The molecule has 0 bridgehead atoms. The van der Waals surface area contributed by atoms with Gasteiger partial charge in [-0.2, -0.15) is 0 Å². The van der Waals surface area contributed by atoms with Crippen molar-refractivity contribution in [3.63, 3.8) is 0 Å². The summed E-state index contributed by atoms with van der Waals surface area (Å²) in [6.07, 6.45) is 1.49. The molecule has 0 aliphatic heterocycles. The summed E-state index contributed by atoms with van der Waals surface area (Å²) >= 11 is 0. The fraction of sp³-hybridized carbons (Fsp3) is 0.433. The van der Waals surface area contributed by atoms with Crippen LogP contribution in [0.1, 0.15) is 93.2 Å². The van der Waals surface area contributed by atoms with Crippen LogP contribution in [-0.2, 0) is 20.3 Å². The molecule has 7 heteroatoms. The van der Waals surface area contributed by atoms with Gasteiger partial charge in [-0.05, 0) is 92.0 Å². The van der Waals surface area contributed by atoms with E-state index in [4.69, 9.17) is 9.47 Å². The third kappa shape index (κ3) is 5.13. The summed E-state index contributed by atoms with van der Waals surface area (Å²) in [5.74, 6) is -0.562. The van der Waals surface area contributed by atoms with E-state index in [1.165, 1.54) is 22.8 Å². The second-order valence-corrected chi connectivity index (χ2v) is 12.1. The maximum absolute atomic E-state index is 13.5. The molecule has 1 aliphatic carbocycles. The Bertz CT molecular complexity index is 1410. The largest absolute Gasteiger partial charge is 0.465 e. The molecule has 1 N–H and O–H groups in total. The van der Waals surface area contributed by atoms with Crippen molar-refractivity contribution in [3.8, 4) is 0 Å². The first-order valence-electron chi connectivity index (χ1n) is 12.6. The fourth-order valence-corrected chi connectivity index (χ4v) is 4.97. The summed E-state index contributed by atoms with van der Waals surface area (Å²) in [4.78, 5) is 38.7. The number of carbonyl (C=O) groups is 3. The zero-order valence-corrected chi connectivity index (χ0v) is 22.9. The number of benzene rings is 2. The number of nitrogens with one attached hydrogen (secondary N) is 1. The van der Waals surface area contributed by atoms with E-state index in [9.17, 15) is 14.4 Å². The highest BCUT2D eigenvalue weighted by atomic mass is 16.6. The third-order valence-corrected chi connectivity index (χ3v) is 7.16. The van der Waals surface area contributed by atoms with Gasteiger partial charge in [0.05, 0.1) is 18.2 Å². The number of esters is 1. The number of nitrogens with zero attached hydrogens (tertiary/aromatic N) is 1. The van der Waals surface area contributed by atoms with Gasteiger partial charge in [0.1, 0.15) is 11.4 Å². The molecule has 0 atom stereocenters. The van der Waals surface area contributed by atoms with Crippen LogP contribution in [0, 0.1) is 0 Å². The number of fused-ring (bicyclic) bond motifs is 2. The number of anilines is 1. The van der Waals surface area contributed by atoms with Crippen LogP contribution in [-0.4, -0.2) is 35.2 Å². The van der Waals surface area contributed by atoms with Gasteiger partial charge in [-0.25, -0.2) is 14.2 Å². The smallest absolute Gasteiger partial charge is 0.420 e. The molecule has 2 aromatic carbocycles. The molecule has 0 radical (unpaired) electrons. The summed E-state index contributed by atoms with van der Waals surface area (Å²) in [6.45, 7) is 14.2. The summed E-state index contributed by atoms with van der Waals surface area (Å²) in [7, 11) is 1.31. The van der Waals surface area contributed by atoms with Crippen LogP contribution in [0.2, 0.25) is 0 Å². The molecular weight excluding hydrogens is 468 g/mol. The van der Waals surface area contributed by atoms with Crippen LogP contribution in [0.4, 0.5) is 10.6 Å². The zero-order chi connectivity index (χ0) is 27.3. The Morgan fingerprint density at radius 2 is 1.49 bits per heavy atom. The monoisotopic (exact) mass is 504 g/mol. The van der Waals surface area contributed by atoms with Crippen LogP contribution < -0.4 is 5.32 Å². The molecule has 1 amide bonds. The van der Waals surface area contributed by atoms with Crippen LogP contribution in [0.15, 0.2) is 42.5 Å². The van der Waals surface area contributed by atoms with Crippen LogP contribution in [0.5, 0.6) is 0 Å². The molecule has 0 saturated carbocycles. The highest BCUT2D eigenvalue weighted by molar-refractivity contribution is 6.08. The average Bonchev–Trinajstić information content (AvgIpc) is 3.17. The standard InChI is InChI=1S/C30H36N2O5/c1-28(2,3)37-27(35)32-23-12-10-19(26(34)36-8)15-20(23)17-24(32)31-25(33)18-9-11-21-22(16-18)30(6,7)14-13-29(21,4)5/h9-12,15-17H,13-14H2,1-8H3,(H,31,33). The van der Waals surface area contributed by atoms with E-state index in [1.54, 1.807) is 45.0 Å². The minimum atomic E-state index is -0.738. The van der Waals surface area contributed by atoms with Crippen molar-refractivity contribution in [2.45, 2.75) is 77.7 Å². The predicted molar refractivity (Wildman–Crippen MR) is 145 cm³/mol. The van der Waals surface area contributed by atoms with Gasteiger partial charge in [-0.15, -0.1) is 0 Å². The highest BCUT2D eigenvalue weighted by Gasteiger charge is 2.37. The second kappa shape index (κ2) is 9.05. The number of methoxy groups -OCH3 is 1. The molecule has 7 nitrogen and oxygen atoms in total. The lowest BCUT2D eigenvalue weighted by molar-refractivity contribution is 0.0546. The summed E-state index contributed by atoms with van der Waals surface area (Å²) < 4.78 is 11.8. The molecule has 3 aromatic rings. The molecule has 37 heavy (non-hydrogen) atoms. The quantitative estimate of drug-likeness (QED) is 0.396. The Kier molecular flexibility index (Phi) is 6.47. The Morgan fingerprint density at radius 1 is 0.865 bits per heavy atom. The molecule has 1 aromatic heterocycles. The summed E-state index contributed by atoms with van der Waals surface area (Å²) in [6, 6.07) is 12.4. The van der Waals surface area contributed by atoms with Gasteiger partial charge in [0, 0.05) is 10.9 Å². The van der Waals surface area contributed by atoms with E-state index in [0.29, 0.717) is 22.0 Å². The van der Waals surface area contributed by atoms with Crippen molar-refractivity contribution in [1.82, 2.24) is 4.57 Å². The molecular formula is C30H36N2O5. The van der Waals surface area contributed by atoms with E-state index < -0.39 is 17.7 Å².